The van der Waals surface area contributed by atoms with Crippen LogP contribution < -0.4 is 10.1 Å². The molecule has 0 radical (unpaired) electrons. The van der Waals surface area contributed by atoms with Crippen molar-refractivity contribution in [2.45, 2.75) is 36.3 Å². The Morgan fingerprint density at radius 3 is 2.61 bits per heavy atom. The van der Waals surface area contributed by atoms with Crippen LogP contribution in [0.3, 0.4) is 0 Å². The summed E-state index contributed by atoms with van der Waals surface area (Å²) in [5.41, 5.74) is 2.48. The van der Waals surface area contributed by atoms with E-state index in [1.807, 2.05) is 6.07 Å². The van der Waals surface area contributed by atoms with Crippen molar-refractivity contribution in [2.24, 2.45) is 5.41 Å². The Balaban J connectivity index is 1.46. The summed E-state index contributed by atoms with van der Waals surface area (Å²) < 4.78 is 30.1. The molecular weight excluding hydrogens is 455 g/mol. The lowest BCUT2D eigenvalue weighted by molar-refractivity contribution is 0.0863. The molecule has 1 spiro atoms. The fraction of sp³-hybridized carbons (Fsp3) is 0.478. The number of likely N-dealkylation sites (tertiary alicyclic amines) is 1. The number of hydrogen-bond donors (Lipinski definition) is 1. The number of halogens is 2. The van der Waals surface area contributed by atoms with Crippen molar-refractivity contribution in [1.82, 2.24) is 10.2 Å². The van der Waals surface area contributed by atoms with E-state index in [1.165, 1.54) is 19.1 Å². The summed E-state index contributed by atoms with van der Waals surface area (Å²) in [6, 6.07) is 10.6. The number of fused-ring (bicyclic) bond motifs is 1. The van der Waals surface area contributed by atoms with Crippen LogP contribution >= 0.6 is 23.2 Å². The fourth-order valence-electron chi connectivity index (χ4n) is 5.39. The predicted octanol–water partition coefficient (Wildman–Crippen LogP) is 4.13. The zero-order valence-corrected chi connectivity index (χ0v) is 19.7. The second kappa shape index (κ2) is 7.92. The smallest absolute Gasteiger partial charge is 0.175 e. The Labute approximate surface area is 193 Å². The second-order valence-corrected chi connectivity index (χ2v) is 12.0. The average Bonchev–Trinajstić information content (AvgIpc) is 3.43. The van der Waals surface area contributed by atoms with Gasteiger partial charge in [-0.2, -0.15) is 0 Å². The zero-order valence-electron chi connectivity index (χ0n) is 17.4. The van der Waals surface area contributed by atoms with Gasteiger partial charge < -0.3 is 10.1 Å². The number of hydrogen-bond acceptors (Lipinski definition) is 5. The lowest BCUT2D eigenvalue weighted by Crippen LogP contribution is -2.40. The SMILES string of the molecule is CS(=O)(=O)c1ccc(OC2c3cc(Cl)cc(Cl)c3CC2N2CCC3(CCNC3)C2)cc1. The van der Waals surface area contributed by atoms with E-state index in [2.05, 4.69) is 10.2 Å². The van der Waals surface area contributed by atoms with Crippen molar-refractivity contribution in [3.63, 3.8) is 0 Å². The third-order valence-electron chi connectivity index (χ3n) is 7.05. The van der Waals surface area contributed by atoms with Crippen LogP contribution in [-0.4, -0.2) is 51.8 Å². The van der Waals surface area contributed by atoms with Crippen LogP contribution in [0.5, 0.6) is 5.75 Å². The zero-order chi connectivity index (χ0) is 21.8. The van der Waals surface area contributed by atoms with Gasteiger partial charge in [0, 0.05) is 35.0 Å². The number of sulfone groups is 1. The van der Waals surface area contributed by atoms with Gasteiger partial charge in [-0.3, -0.25) is 4.90 Å². The molecule has 3 unspecified atom stereocenters. The summed E-state index contributed by atoms with van der Waals surface area (Å²) in [7, 11) is -3.25. The molecule has 2 saturated heterocycles. The topological polar surface area (TPSA) is 58.6 Å². The molecule has 31 heavy (non-hydrogen) atoms. The van der Waals surface area contributed by atoms with Crippen molar-refractivity contribution in [1.29, 1.82) is 0 Å². The fourth-order valence-corrected chi connectivity index (χ4v) is 6.60. The quantitative estimate of drug-likeness (QED) is 0.712. The normalized spacial score (nSPS) is 28.4. The molecule has 3 atom stereocenters. The van der Waals surface area contributed by atoms with E-state index in [4.69, 9.17) is 27.9 Å². The first-order valence-corrected chi connectivity index (χ1v) is 13.3. The maximum Gasteiger partial charge on any atom is 0.175 e. The first-order valence-electron chi connectivity index (χ1n) is 10.6. The molecule has 0 bridgehead atoms. The van der Waals surface area contributed by atoms with Crippen molar-refractivity contribution >= 4 is 33.0 Å². The highest BCUT2D eigenvalue weighted by Gasteiger charge is 2.47. The molecule has 166 valence electrons. The monoisotopic (exact) mass is 480 g/mol. The molecule has 5 rings (SSSR count). The van der Waals surface area contributed by atoms with E-state index in [1.54, 1.807) is 30.3 Å². The van der Waals surface area contributed by atoms with Gasteiger partial charge in [0.15, 0.2) is 9.84 Å². The lowest BCUT2D eigenvalue weighted by Gasteiger charge is -2.32. The highest BCUT2D eigenvalue weighted by Crippen LogP contribution is 2.46. The number of benzene rings is 2. The molecule has 0 aromatic heterocycles. The Morgan fingerprint density at radius 1 is 1.16 bits per heavy atom. The molecule has 8 heteroatoms. The number of ether oxygens (including phenoxy) is 1. The lowest BCUT2D eigenvalue weighted by atomic mass is 9.86. The van der Waals surface area contributed by atoms with Crippen LogP contribution in [0.4, 0.5) is 0 Å². The van der Waals surface area contributed by atoms with Crippen LogP contribution in [0.15, 0.2) is 41.3 Å². The first-order chi connectivity index (χ1) is 14.7. The van der Waals surface area contributed by atoms with Gasteiger partial charge >= 0.3 is 0 Å². The summed E-state index contributed by atoms with van der Waals surface area (Å²) in [6.07, 6.45) is 4.23. The molecule has 2 heterocycles. The van der Waals surface area contributed by atoms with E-state index < -0.39 is 9.84 Å². The molecule has 2 aromatic rings. The van der Waals surface area contributed by atoms with Crippen molar-refractivity contribution in [2.75, 3.05) is 32.4 Å². The molecule has 0 saturated carbocycles. The van der Waals surface area contributed by atoms with Gasteiger partial charge in [-0.1, -0.05) is 23.2 Å². The van der Waals surface area contributed by atoms with Crippen LogP contribution in [0.2, 0.25) is 10.0 Å². The minimum absolute atomic E-state index is 0.167. The molecule has 5 nitrogen and oxygen atoms in total. The Bertz CT molecular complexity index is 1100. The maximum absolute atomic E-state index is 11.8. The van der Waals surface area contributed by atoms with Gasteiger partial charge in [0.1, 0.15) is 11.9 Å². The van der Waals surface area contributed by atoms with E-state index in [9.17, 15) is 8.42 Å². The van der Waals surface area contributed by atoms with E-state index in [0.29, 0.717) is 21.2 Å². The highest BCUT2D eigenvalue weighted by atomic mass is 35.5. The summed E-state index contributed by atoms with van der Waals surface area (Å²) in [6.45, 7) is 4.26. The third-order valence-corrected chi connectivity index (χ3v) is 8.73. The minimum Gasteiger partial charge on any atom is -0.484 e. The Kier molecular flexibility index (Phi) is 5.50. The number of nitrogens with zero attached hydrogens (tertiary/aromatic N) is 1. The van der Waals surface area contributed by atoms with Crippen LogP contribution in [0, 0.1) is 5.41 Å². The second-order valence-electron chi connectivity index (χ2n) is 9.16. The molecule has 2 aromatic carbocycles. The van der Waals surface area contributed by atoms with Crippen molar-refractivity contribution in [3.05, 3.63) is 57.6 Å². The van der Waals surface area contributed by atoms with Crippen LogP contribution in [0.1, 0.15) is 30.1 Å². The van der Waals surface area contributed by atoms with Crippen LogP contribution in [0.25, 0.3) is 0 Å². The Morgan fingerprint density at radius 2 is 1.94 bits per heavy atom. The van der Waals surface area contributed by atoms with E-state index in [0.717, 1.165) is 43.7 Å². The summed E-state index contributed by atoms with van der Waals surface area (Å²) >= 11 is 12.9. The minimum atomic E-state index is -3.25. The van der Waals surface area contributed by atoms with Gasteiger partial charge in [0.05, 0.1) is 10.9 Å². The molecule has 1 aliphatic carbocycles. The summed E-state index contributed by atoms with van der Waals surface area (Å²) in [5, 5.41) is 4.81. The van der Waals surface area contributed by atoms with Crippen molar-refractivity contribution < 1.29 is 13.2 Å². The first kappa shape index (κ1) is 21.5. The summed E-state index contributed by atoms with van der Waals surface area (Å²) in [4.78, 5) is 2.83. The van der Waals surface area contributed by atoms with Crippen molar-refractivity contribution in [3.8, 4) is 5.75 Å². The van der Waals surface area contributed by atoms with Gasteiger partial charge in [-0.15, -0.1) is 0 Å². The molecule has 2 aliphatic heterocycles. The van der Waals surface area contributed by atoms with Gasteiger partial charge in [0.2, 0.25) is 0 Å². The molecule has 2 fully saturated rings. The largest absolute Gasteiger partial charge is 0.484 e. The molecule has 0 amide bonds. The van der Waals surface area contributed by atoms with Gasteiger partial charge in [-0.25, -0.2) is 8.42 Å². The maximum atomic E-state index is 11.8. The molecule has 1 N–H and O–H groups in total. The van der Waals surface area contributed by atoms with Gasteiger partial charge in [0.25, 0.3) is 0 Å². The van der Waals surface area contributed by atoms with Gasteiger partial charge in [-0.05, 0) is 79.7 Å². The number of rotatable bonds is 4. The summed E-state index contributed by atoms with van der Waals surface area (Å²) in [5.74, 6) is 0.641. The average molecular weight is 481 g/mol. The predicted molar refractivity (Wildman–Crippen MR) is 123 cm³/mol. The highest BCUT2D eigenvalue weighted by molar-refractivity contribution is 7.90. The standard InChI is InChI=1S/C23H26Cl2N2O3S/c1-31(28,29)17-4-2-16(3-5-17)30-22-19-10-15(24)11-20(25)18(19)12-21(22)27-9-7-23(14-27)6-8-26-13-23/h2-5,10-11,21-22,26H,6-9,12-14H2,1H3. The molecule has 3 aliphatic rings. The molecular formula is C23H26Cl2N2O3S. The Hall–Kier alpha value is -1.31. The number of nitrogens with one attached hydrogen (secondary N) is 1. The van der Waals surface area contributed by atoms with E-state index in [-0.39, 0.29) is 17.0 Å². The third kappa shape index (κ3) is 4.09. The van der Waals surface area contributed by atoms with E-state index >= 15 is 0 Å². The van der Waals surface area contributed by atoms with Crippen LogP contribution in [-0.2, 0) is 16.3 Å².